The summed E-state index contributed by atoms with van der Waals surface area (Å²) in [4.78, 5) is 28.1. The summed E-state index contributed by atoms with van der Waals surface area (Å²) in [5, 5.41) is 2.06. The molecule has 124 valence electrons. The van der Waals surface area contributed by atoms with Gasteiger partial charge in [0, 0.05) is 36.4 Å². The van der Waals surface area contributed by atoms with Crippen molar-refractivity contribution in [3.05, 3.63) is 16.3 Å². The van der Waals surface area contributed by atoms with E-state index in [0.29, 0.717) is 5.75 Å². The van der Waals surface area contributed by atoms with Crippen molar-refractivity contribution < 1.29 is 4.79 Å². The van der Waals surface area contributed by atoms with Gasteiger partial charge in [0.25, 0.3) is 0 Å². The Hall–Kier alpha value is -1.18. The number of carbonyl (C=O) groups excluding carboxylic acids is 1. The van der Waals surface area contributed by atoms with E-state index in [4.69, 9.17) is 0 Å². The molecule has 2 aromatic rings. The third kappa shape index (κ3) is 3.51. The van der Waals surface area contributed by atoms with Crippen LogP contribution in [0.5, 0.6) is 0 Å². The smallest absolute Gasteiger partial charge is 0.233 e. The zero-order valence-corrected chi connectivity index (χ0v) is 15.7. The van der Waals surface area contributed by atoms with E-state index in [1.54, 1.807) is 23.1 Å². The van der Waals surface area contributed by atoms with Gasteiger partial charge in [0.15, 0.2) is 0 Å². The largest absolute Gasteiger partial charge is 0.339 e. The Labute approximate surface area is 145 Å². The molecule has 1 fully saturated rings. The lowest BCUT2D eigenvalue weighted by Gasteiger charge is -2.32. The van der Waals surface area contributed by atoms with Crippen LogP contribution in [0.25, 0.3) is 10.2 Å². The average molecular weight is 351 g/mol. The molecule has 0 aromatic carbocycles. The van der Waals surface area contributed by atoms with Gasteiger partial charge in [-0.1, -0.05) is 11.8 Å². The minimum atomic E-state index is 0.206. The quantitative estimate of drug-likeness (QED) is 0.629. The topological polar surface area (TPSA) is 49.3 Å². The van der Waals surface area contributed by atoms with Crippen molar-refractivity contribution in [2.75, 3.05) is 39.0 Å². The van der Waals surface area contributed by atoms with E-state index in [-0.39, 0.29) is 5.91 Å². The van der Waals surface area contributed by atoms with E-state index in [1.165, 1.54) is 10.4 Å². The third-order valence-electron chi connectivity index (χ3n) is 4.30. The first-order chi connectivity index (χ1) is 11.0. The van der Waals surface area contributed by atoms with Gasteiger partial charge >= 0.3 is 0 Å². The number of nitrogens with zero attached hydrogens (tertiary/aromatic N) is 4. The number of aryl methyl sites for hydroxylation is 3. The first kappa shape index (κ1) is 16.7. The van der Waals surface area contributed by atoms with Crippen LogP contribution in [0.15, 0.2) is 5.03 Å². The van der Waals surface area contributed by atoms with Gasteiger partial charge in [-0.3, -0.25) is 4.79 Å². The van der Waals surface area contributed by atoms with Crippen LogP contribution < -0.4 is 0 Å². The Morgan fingerprint density at radius 1 is 1.17 bits per heavy atom. The first-order valence-electron chi connectivity index (χ1n) is 7.79. The maximum atomic E-state index is 12.4. The molecule has 5 nitrogen and oxygen atoms in total. The van der Waals surface area contributed by atoms with Gasteiger partial charge in [-0.05, 0) is 33.4 Å². The maximum absolute atomic E-state index is 12.4. The molecular formula is C16H22N4OS2. The van der Waals surface area contributed by atoms with E-state index >= 15 is 0 Å². The molecule has 0 saturated carbocycles. The van der Waals surface area contributed by atoms with Crippen molar-refractivity contribution in [2.24, 2.45) is 0 Å². The van der Waals surface area contributed by atoms with Crippen LogP contribution in [0.4, 0.5) is 0 Å². The van der Waals surface area contributed by atoms with Gasteiger partial charge in [-0.2, -0.15) is 0 Å². The fourth-order valence-electron chi connectivity index (χ4n) is 2.70. The second kappa shape index (κ2) is 6.75. The highest BCUT2D eigenvalue weighted by molar-refractivity contribution is 8.00. The normalized spacial score (nSPS) is 16.3. The summed E-state index contributed by atoms with van der Waals surface area (Å²) < 4.78 is 0. The Morgan fingerprint density at radius 2 is 1.87 bits per heavy atom. The molecule has 0 spiro atoms. The number of likely N-dealkylation sites (N-methyl/N-ethyl adjacent to an activating group) is 1. The second-order valence-electron chi connectivity index (χ2n) is 6.01. The summed E-state index contributed by atoms with van der Waals surface area (Å²) in [5.74, 6) is 1.43. The molecule has 0 bridgehead atoms. The van der Waals surface area contributed by atoms with Crippen LogP contribution in [0.1, 0.15) is 16.3 Å². The summed E-state index contributed by atoms with van der Waals surface area (Å²) in [6, 6.07) is 0. The number of thiophene rings is 1. The Morgan fingerprint density at radius 3 is 2.57 bits per heavy atom. The lowest BCUT2D eigenvalue weighted by atomic mass is 10.2. The van der Waals surface area contributed by atoms with Crippen molar-refractivity contribution in [2.45, 2.75) is 25.8 Å². The standard InChI is InChI=1S/C16H22N4OS2/c1-10-11(2)23-16-14(10)15(17-12(3)18-16)22-9-13(21)20-7-5-19(4)6-8-20/h5-9H2,1-4H3. The molecule has 3 rings (SSSR count). The molecule has 7 heteroatoms. The number of piperazine rings is 1. The minimum Gasteiger partial charge on any atom is -0.339 e. The molecule has 1 aliphatic heterocycles. The molecule has 1 amide bonds. The minimum absolute atomic E-state index is 0.206. The molecule has 0 radical (unpaired) electrons. The van der Waals surface area contributed by atoms with E-state index < -0.39 is 0 Å². The lowest BCUT2D eigenvalue weighted by Crippen LogP contribution is -2.47. The SMILES string of the molecule is Cc1nc(SCC(=O)N2CCN(C)CC2)c2c(C)c(C)sc2n1. The molecule has 23 heavy (non-hydrogen) atoms. The van der Waals surface area contributed by atoms with Crippen LogP contribution >= 0.6 is 23.1 Å². The molecule has 0 N–H and O–H groups in total. The van der Waals surface area contributed by atoms with E-state index in [9.17, 15) is 4.79 Å². The highest BCUT2D eigenvalue weighted by Crippen LogP contribution is 2.35. The zero-order valence-electron chi connectivity index (χ0n) is 14.0. The number of thioether (sulfide) groups is 1. The summed E-state index contributed by atoms with van der Waals surface area (Å²) in [7, 11) is 2.10. The van der Waals surface area contributed by atoms with Crippen LogP contribution in [-0.4, -0.2) is 64.7 Å². The van der Waals surface area contributed by atoms with Gasteiger partial charge in [-0.25, -0.2) is 9.97 Å². The first-order valence-corrected chi connectivity index (χ1v) is 9.59. The number of hydrogen-bond donors (Lipinski definition) is 0. The van der Waals surface area contributed by atoms with Crippen LogP contribution in [-0.2, 0) is 4.79 Å². The predicted octanol–water partition coefficient (Wildman–Crippen LogP) is 2.48. The number of aromatic nitrogens is 2. The van der Waals surface area contributed by atoms with Gasteiger partial charge in [0.2, 0.25) is 5.91 Å². The van der Waals surface area contributed by atoms with Gasteiger partial charge in [0.1, 0.15) is 15.7 Å². The number of amides is 1. The third-order valence-corrected chi connectivity index (χ3v) is 6.36. The van der Waals surface area contributed by atoms with E-state index in [0.717, 1.165) is 47.2 Å². The van der Waals surface area contributed by atoms with Crippen molar-refractivity contribution in [3.63, 3.8) is 0 Å². The second-order valence-corrected chi connectivity index (χ2v) is 8.18. The number of carbonyl (C=O) groups is 1. The van der Waals surface area contributed by atoms with Crippen molar-refractivity contribution in [1.82, 2.24) is 19.8 Å². The zero-order chi connectivity index (χ0) is 16.6. The van der Waals surface area contributed by atoms with Crippen LogP contribution in [0.3, 0.4) is 0 Å². The highest BCUT2D eigenvalue weighted by Gasteiger charge is 2.20. The molecule has 3 heterocycles. The van der Waals surface area contributed by atoms with Crippen LogP contribution in [0, 0.1) is 20.8 Å². The summed E-state index contributed by atoms with van der Waals surface area (Å²) in [6.07, 6.45) is 0. The Balaban J connectivity index is 1.75. The average Bonchev–Trinajstić information content (AvgIpc) is 2.79. The number of hydrogen-bond acceptors (Lipinski definition) is 6. The summed E-state index contributed by atoms with van der Waals surface area (Å²) in [5.41, 5.74) is 1.24. The molecule has 1 saturated heterocycles. The Bertz CT molecular complexity index is 735. The summed E-state index contributed by atoms with van der Waals surface area (Å²) >= 11 is 3.25. The van der Waals surface area contributed by atoms with Crippen molar-refractivity contribution >= 4 is 39.2 Å². The summed E-state index contributed by atoms with van der Waals surface area (Å²) in [6.45, 7) is 9.69. The van der Waals surface area contributed by atoms with E-state index in [1.807, 2.05) is 11.8 Å². The lowest BCUT2D eigenvalue weighted by molar-refractivity contribution is -0.129. The monoisotopic (exact) mass is 350 g/mol. The fourth-order valence-corrected chi connectivity index (χ4v) is 4.87. The number of rotatable bonds is 3. The maximum Gasteiger partial charge on any atom is 0.233 e. The highest BCUT2D eigenvalue weighted by atomic mass is 32.2. The molecular weight excluding hydrogens is 328 g/mol. The van der Waals surface area contributed by atoms with Gasteiger partial charge in [0.05, 0.1) is 5.75 Å². The van der Waals surface area contributed by atoms with Crippen LogP contribution in [0.2, 0.25) is 0 Å². The molecule has 0 unspecified atom stereocenters. The van der Waals surface area contributed by atoms with Gasteiger partial charge < -0.3 is 9.80 Å². The molecule has 0 atom stereocenters. The number of fused-ring (bicyclic) bond motifs is 1. The fraction of sp³-hybridized carbons (Fsp3) is 0.562. The van der Waals surface area contributed by atoms with Crippen molar-refractivity contribution in [3.8, 4) is 0 Å². The predicted molar refractivity (Wildman–Crippen MR) is 96.4 cm³/mol. The molecule has 0 aliphatic carbocycles. The van der Waals surface area contributed by atoms with E-state index in [2.05, 4.69) is 35.8 Å². The molecule has 1 aliphatic rings. The Kier molecular flexibility index (Phi) is 4.89. The van der Waals surface area contributed by atoms with Gasteiger partial charge in [-0.15, -0.1) is 11.3 Å². The molecule has 2 aromatic heterocycles. The van der Waals surface area contributed by atoms with Crippen molar-refractivity contribution in [1.29, 1.82) is 0 Å².